The Labute approximate surface area is 159 Å². The van der Waals surface area contributed by atoms with Crippen molar-refractivity contribution in [2.45, 2.75) is 23.6 Å². The number of rotatable bonds is 7. The minimum Gasteiger partial charge on any atom is -0.465 e. The first-order chi connectivity index (χ1) is 12.6. The summed E-state index contributed by atoms with van der Waals surface area (Å²) in [6.45, 7) is 3.62. The van der Waals surface area contributed by atoms with Crippen LogP contribution < -0.4 is 10.6 Å². The molecule has 0 fully saturated rings. The van der Waals surface area contributed by atoms with Crippen LogP contribution in [0.4, 0.5) is 0 Å². The quantitative estimate of drug-likeness (QED) is 0.338. The van der Waals surface area contributed by atoms with Gasteiger partial charge in [-0.15, -0.1) is 11.8 Å². The molecule has 0 aromatic heterocycles. The van der Waals surface area contributed by atoms with E-state index < -0.39 is 0 Å². The van der Waals surface area contributed by atoms with E-state index in [9.17, 15) is 4.79 Å². The third-order valence-corrected chi connectivity index (χ3v) is 4.81. The number of hydrogen-bond donors (Lipinski definition) is 2. The number of nitrogens with zero attached hydrogens (tertiary/aromatic N) is 1. The van der Waals surface area contributed by atoms with Crippen molar-refractivity contribution in [3.63, 3.8) is 0 Å². The van der Waals surface area contributed by atoms with Crippen molar-refractivity contribution in [1.29, 1.82) is 0 Å². The molecule has 0 spiro atoms. The number of benzene rings is 2. The lowest BCUT2D eigenvalue weighted by molar-refractivity contribution is 0.0600. The van der Waals surface area contributed by atoms with Gasteiger partial charge in [-0.3, -0.25) is 4.99 Å². The van der Waals surface area contributed by atoms with Gasteiger partial charge in [0.25, 0.3) is 0 Å². The molecule has 26 heavy (non-hydrogen) atoms. The van der Waals surface area contributed by atoms with E-state index in [1.165, 1.54) is 12.0 Å². The predicted octanol–water partition coefficient (Wildman–Crippen LogP) is 3.32. The first kappa shape index (κ1) is 19.8. The maximum Gasteiger partial charge on any atom is 0.337 e. The van der Waals surface area contributed by atoms with E-state index >= 15 is 0 Å². The van der Waals surface area contributed by atoms with Crippen molar-refractivity contribution >= 4 is 23.7 Å². The molecular weight excluding hydrogens is 346 g/mol. The van der Waals surface area contributed by atoms with Crippen LogP contribution >= 0.6 is 11.8 Å². The van der Waals surface area contributed by atoms with Gasteiger partial charge in [-0.1, -0.05) is 37.3 Å². The number of carbonyl (C=O) groups excluding carboxylic acids is 1. The van der Waals surface area contributed by atoms with E-state index in [0.29, 0.717) is 17.4 Å². The van der Waals surface area contributed by atoms with Crippen molar-refractivity contribution in [3.05, 3.63) is 65.7 Å². The highest BCUT2D eigenvalue weighted by molar-refractivity contribution is 8.00. The van der Waals surface area contributed by atoms with Crippen LogP contribution in [0.5, 0.6) is 0 Å². The van der Waals surface area contributed by atoms with E-state index in [0.717, 1.165) is 18.1 Å². The molecule has 0 bridgehead atoms. The molecular formula is C20H25N3O2S. The average Bonchev–Trinajstić information content (AvgIpc) is 2.68. The van der Waals surface area contributed by atoms with Gasteiger partial charge in [0.15, 0.2) is 5.96 Å². The predicted molar refractivity (Wildman–Crippen MR) is 108 cm³/mol. The smallest absolute Gasteiger partial charge is 0.337 e. The fourth-order valence-electron chi connectivity index (χ4n) is 2.30. The summed E-state index contributed by atoms with van der Waals surface area (Å²) in [5.74, 6) is 0.425. The van der Waals surface area contributed by atoms with Gasteiger partial charge in [-0.25, -0.2) is 4.79 Å². The summed E-state index contributed by atoms with van der Waals surface area (Å²) in [6.07, 6.45) is 0. The summed E-state index contributed by atoms with van der Waals surface area (Å²) in [5, 5.41) is 7.04. The molecule has 2 aromatic rings. The zero-order valence-electron chi connectivity index (χ0n) is 15.4. The topological polar surface area (TPSA) is 62.7 Å². The number of aliphatic imine (C=N–C) groups is 1. The van der Waals surface area contributed by atoms with Gasteiger partial charge in [0.1, 0.15) is 0 Å². The fourth-order valence-corrected chi connectivity index (χ4v) is 3.24. The van der Waals surface area contributed by atoms with Crippen LogP contribution in [0.15, 0.2) is 64.5 Å². The summed E-state index contributed by atoms with van der Waals surface area (Å²) in [4.78, 5) is 17.0. The molecule has 0 saturated heterocycles. The molecule has 0 radical (unpaired) electrons. The largest absolute Gasteiger partial charge is 0.465 e. The Kier molecular flexibility index (Phi) is 8.02. The summed E-state index contributed by atoms with van der Waals surface area (Å²) in [5.41, 5.74) is 1.61. The zero-order valence-corrected chi connectivity index (χ0v) is 16.2. The number of hydrogen-bond acceptors (Lipinski definition) is 4. The SMILES string of the molecule is CN=C(NCc1ccc(C(=O)OC)cc1)NCC(C)Sc1ccccc1. The van der Waals surface area contributed by atoms with E-state index in [-0.39, 0.29) is 5.97 Å². The Morgan fingerprint density at radius 2 is 1.81 bits per heavy atom. The third-order valence-electron chi connectivity index (χ3n) is 3.70. The summed E-state index contributed by atoms with van der Waals surface area (Å²) < 4.78 is 4.70. The molecule has 6 heteroatoms. The first-order valence-electron chi connectivity index (χ1n) is 8.46. The molecule has 0 saturated carbocycles. The number of guanidine groups is 1. The molecule has 2 N–H and O–H groups in total. The number of esters is 1. The Morgan fingerprint density at radius 1 is 1.12 bits per heavy atom. The number of carbonyl (C=O) groups is 1. The van der Waals surface area contributed by atoms with Crippen LogP contribution in [0, 0.1) is 0 Å². The summed E-state index contributed by atoms with van der Waals surface area (Å²) in [7, 11) is 3.13. The molecule has 0 aliphatic heterocycles. The molecule has 2 aromatic carbocycles. The Bertz CT molecular complexity index is 718. The maximum atomic E-state index is 11.4. The van der Waals surface area contributed by atoms with Crippen molar-refractivity contribution < 1.29 is 9.53 Å². The second-order valence-corrected chi connectivity index (χ2v) is 7.25. The number of ether oxygens (including phenoxy) is 1. The molecule has 0 aliphatic carbocycles. The molecule has 0 amide bonds. The molecule has 0 heterocycles. The number of nitrogens with one attached hydrogen (secondary N) is 2. The highest BCUT2D eigenvalue weighted by Gasteiger charge is 2.07. The number of methoxy groups -OCH3 is 1. The van der Waals surface area contributed by atoms with Gasteiger partial charge in [0.05, 0.1) is 12.7 Å². The molecule has 2 rings (SSSR count). The van der Waals surface area contributed by atoms with Gasteiger partial charge in [-0.2, -0.15) is 0 Å². The van der Waals surface area contributed by atoms with E-state index in [2.05, 4.69) is 46.8 Å². The second kappa shape index (κ2) is 10.5. The van der Waals surface area contributed by atoms with Gasteiger partial charge < -0.3 is 15.4 Å². The maximum absolute atomic E-state index is 11.4. The Hall–Kier alpha value is -2.47. The fraction of sp³-hybridized carbons (Fsp3) is 0.300. The van der Waals surface area contributed by atoms with Crippen LogP contribution in [-0.4, -0.2) is 37.9 Å². The van der Waals surface area contributed by atoms with Crippen LogP contribution in [0.2, 0.25) is 0 Å². The van der Waals surface area contributed by atoms with E-state index in [1.807, 2.05) is 30.0 Å². The summed E-state index contributed by atoms with van der Waals surface area (Å²) >= 11 is 1.83. The van der Waals surface area contributed by atoms with Crippen molar-refractivity contribution in [1.82, 2.24) is 10.6 Å². The number of thioether (sulfide) groups is 1. The molecule has 1 atom stereocenters. The second-order valence-electron chi connectivity index (χ2n) is 5.74. The lowest BCUT2D eigenvalue weighted by Gasteiger charge is -2.16. The third kappa shape index (κ3) is 6.44. The van der Waals surface area contributed by atoms with Crippen molar-refractivity contribution in [2.75, 3.05) is 20.7 Å². The highest BCUT2D eigenvalue weighted by Crippen LogP contribution is 2.21. The van der Waals surface area contributed by atoms with Crippen LogP contribution in [-0.2, 0) is 11.3 Å². The van der Waals surface area contributed by atoms with Gasteiger partial charge in [0, 0.05) is 30.3 Å². The standard InChI is InChI=1S/C20H25N3O2S/c1-15(26-18-7-5-4-6-8-18)13-22-20(21-2)23-14-16-9-11-17(12-10-16)19(24)25-3/h4-12,15H,13-14H2,1-3H3,(H2,21,22,23). The highest BCUT2D eigenvalue weighted by atomic mass is 32.2. The van der Waals surface area contributed by atoms with Gasteiger partial charge >= 0.3 is 5.97 Å². The van der Waals surface area contributed by atoms with E-state index in [1.54, 1.807) is 19.2 Å². The van der Waals surface area contributed by atoms with Crippen LogP contribution in [0.3, 0.4) is 0 Å². The van der Waals surface area contributed by atoms with Gasteiger partial charge in [-0.05, 0) is 29.8 Å². The lowest BCUT2D eigenvalue weighted by Crippen LogP contribution is -2.39. The van der Waals surface area contributed by atoms with Crippen molar-refractivity contribution in [3.8, 4) is 0 Å². The summed E-state index contributed by atoms with van der Waals surface area (Å²) in [6, 6.07) is 17.7. The first-order valence-corrected chi connectivity index (χ1v) is 9.34. The molecule has 5 nitrogen and oxygen atoms in total. The minimum atomic E-state index is -0.327. The zero-order chi connectivity index (χ0) is 18.8. The monoisotopic (exact) mass is 371 g/mol. The molecule has 138 valence electrons. The molecule has 0 aliphatic rings. The van der Waals surface area contributed by atoms with Crippen LogP contribution in [0.1, 0.15) is 22.8 Å². The molecule has 1 unspecified atom stereocenters. The van der Waals surface area contributed by atoms with Crippen LogP contribution in [0.25, 0.3) is 0 Å². The normalized spacial score (nSPS) is 12.3. The van der Waals surface area contributed by atoms with E-state index in [4.69, 9.17) is 4.74 Å². The van der Waals surface area contributed by atoms with Gasteiger partial charge in [0.2, 0.25) is 0 Å². The Morgan fingerprint density at radius 3 is 2.42 bits per heavy atom. The Balaban J connectivity index is 1.77. The van der Waals surface area contributed by atoms with Crippen molar-refractivity contribution in [2.24, 2.45) is 4.99 Å². The average molecular weight is 372 g/mol. The lowest BCUT2D eigenvalue weighted by atomic mass is 10.1. The minimum absolute atomic E-state index is 0.327.